The molecule has 0 aromatic rings. The third-order valence-electron chi connectivity index (χ3n) is 1.06. The molecule has 0 spiro atoms. The van der Waals surface area contributed by atoms with Crippen molar-refractivity contribution >= 4 is 15.9 Å². The van der Waals surface area contributed by atoms with E-state index in [1.807, 2.05) is 24.3 Å². The number of hydrogen-bond acceptors (Lipinski definition) is 0. The van der Waals surface area contributed by atoms with Gasteiger partial charge in [0.25, 0.3) is 0 Å². The van der Waals surface area contributed by atoms with Crippen LogP contribution in [0.25, 0.3) is 0 Å². The summed E-state index contributed by atoms with van der Waals surface area (Å²) >= 11 is 3.23. The standard InChI is InChI=1S/C10H13Br/c1-3-4-5-6-7-8-9-10(2)11/h3,6-9H,1-2,4-5H2/b7-6-,9-8-. The van der Waals surface area contributed by atoms with E-state index in [9.17, 15) is 0 Å². The van der Waals surface area contributed by atoms with Crippen molar-refractivity contribution in [1.29, 1.82) is 0 Å². The molecule has 0 amide bonds. The summed E-state index contributed by atoms with van der Waals surface area (Å²) in [5.41, 5.74) is 0. The number of halogens is 1. The van der Waals surface area contributed by atoms with Gasteiger partial charge in [0.05, 0.1) is 0 Å². The van der Waals surface area contributed by atoms with E-state index in [1.54, 1.807) is 0 Å². The summed E-state index contributed by atoms with van der Waals surface area (Å²) in [4.78, 5) is 0. The molecule has 0 aliphatic carbocycles. The molecule has 0 N–H and O–H groups in total. The predicted molar refractivity (Wildman–Crippen MR) is 55.8 cm³/mol. The Balaban J connectivity index is 3.43. The quantitative estimate of drug-likeness (QED) is 0.368. The molecule has 0 aromatic heterocycles. The van der Waals surface area contributed by atoms with Crippen LogP contribution in [0.4, 0.5) is 0 Å². The average Bonchev–Trinajstić information content (AvgIpc) is 1.96. The Bertz CT molecular complexity index is 175. The van der Waals surface area contributed by atoms with Crippen LogP contribution in [0.3, 0.4) is 0 Å². The monoisotopic (exact) mass is 212 g/mol. The van der Waals surface area contributed by atoms with Gasteiger partial charge in [0, 0.05) is 4.48 Å². The van der Waals surface area contributed by atoms with Crippen molar-refractivity contribution in [3.8, 4) is 0 Å². The first kappa shape index (κ1) is 10.4. The first-order valence-corrected chi connectivity index (χ1v) is 4.35. The molecule has 0 aliphatic rings. The van der Waals surface area contributed by atoms with Gasteiger partial charge in [0.15, 0.2) is 0 Å². The van der Waals surface area contributed by atoms with Crippen LogP contribution in [-0.4, -0.2) is 0 Å². The molecule has 1 heteroatoms. The van der Waals surface area contributed by atoms with Crippen LogP contribution in [0.15, 0.2) is 48.0 Å². The third kappa shape index (κ3) is 9.44. The normalized spacial score (nSPS) is 11.0. The van der Waals surface area contributed by atoms with Crippen molar-refractivity contribution in [2.24, 2.45) is 0 Å². The van der Waals surface area contributed by atoms with Crippen molar-refractivity contribution in [3.63, 3.8) is 0 Å². The van der Waals surface area contributed by atoms with Crippen molar-refractivity contribution in [2.45, 2.75) is 12.8 Å². The first-order chi connectivity index (χ1) is 5.27. The largest absolute Gasteiger partial charge is 0.103 e. The van der Waals surface area contributed by atoms with E-state index in [2.05, 4.69) is 35.2 Å². The van der Waals surface area contributed by atoms with Gasteiger partial charge in [-0.25, -0.2) is 0 Å². The molecule has 0 fully saturated rings. The highest BCUT2D eigenvalue weighted by Gasteiger charge is 1.73. The molecule has 0 atom stereocenters. The second-order valence-electron chi connectivity index (χ2n) is 2.10. The Kier molecular flexibility index (Phi) is 7.16. The van der Waals surface area contributed by atoms with Gasteiger partial charge < -0.3 is 0 Å². The summed E-state index contributed by atoms with van der Waals surface area (Å²) in [5.74, 6) is 0. The lowest BCUT2D eigenvalue weighted by molar-refractivity contribution is 1.06. The Hall–Kier alpha value is -0.560. The first-order valence-electron chi connectivity index (χ1n) is 3.56. The summed E-state index contributed by atoms with van der Waals surface area (Å²) in [6, 6.07) is 0. The molecule has 0 heterocycles. The van der Waals surface area contributed by atoms with E-state index in [4.69, 9.17) is 0 Å². The Morgan fingerprint density at radius 2 is 2.00 bits per heavy atom. The maximum atomic E-state index is 3.67. The van der Waals surface area contributed by atoms with E-state index < -0.39 is 0 Å². The topological polar surface area (TPSA) is 0 Å². The second kappa shape index (κ2) is 7.55. The molecule has 60 valence electrons. The van der Waals surface area contributed by atoms with E-state index in [1.165, 1.54) is 0 Å². The minimum absolute atomic E-state index is 0.894. The lowest BCUT2D eigenvalue weighted by Gasteiger charge is -1.82. The molecule has 0 unspecified atom stereocenters. The molecule has 11 heavy (non-hydrogen) atoms. The fraction of sp³-hybridized carbons (Fsp3) is 0.200. The smallest absolute Gasteiger partial charge is 0.0103 e. The molecule has 0 nitrogen and oxygen atoms in total. The highest BCUT2D eigenvalue weighted by atomic mass is 79.9. The second-order valence-corrected chi connectivity index (χ2v) is 3.12. The number of allylic oxidation sites excluding steroid dienone is 6. The van der Waals surface area contributed by atoms with Crippen molar-refractivity contribution < 1.29 is 0 Å². The summed E-state index contributed by atoms with van der Waals surface area (Å²) < 4.78 is 0.894. The van der Waals surface area contributed by atoms with Gasteiger partial charge in [-0.3, -0.25) is 0 Å². The summed E-state index contributed by atoms with van der Waals surface area (Å²) in [7, 11) is 0. The number of unbranched alkanes of at least 4 members (excludes halogenated alkanes) is 1. The number of rotatable bonds is 5. The molecule has 0 bridgehead atoms. The molecule has 0 aliphatic heterocycles. The molecular formula is C10H13Br. The van der Waals surface area contributed by atoms with E-state index in [0.717, 1.165) is 17.3 Å². The molecule has 0 saturated carbocycles. The van der Waals surface area contributed by atoms with Gasteiger partial charge in [-0.05, 0) is 18.9 Å². The van der Waals surface area contributed by atoms with Crippen molar-refractivity contribution in [1.82, 2.24) is 0 Å². The van der Waals surface area contributed by atoms with Gasteiger partial charge in [-0.1, -0.05) is 46.8 Å². The Labute approximate surface area is 77.1 Å². The van der Waals surface area contributed by atoms with Crippen molar-refractivity contribution in [2.75, 3.05) is 0 Å². The van der Waals surface area contributed by atoms with Crippen LogP contribution in [0.2, 0.25) is 0 Å². The zero-order valence-electron chi connectivity index (χ0n) is 6.59. The fourth-order valence-electron chi connectivity index (χ4n) is 0.549. The van der Waals surface area contributed by atoms with Gasteiger partial charge in [0.2, 0.25) is 0 Å². The van der Waals surface area contributed by atoms with Gasteiger partial charge in [0.1, 0.15) is 0 Å². The van der Waals surface area contributed by atoms with Crippen LogP contribution in [0, 0.1) is 0 Å². The van der Waals surface area contributed by atoms with E-state index >= 15 is 0 Å². The van der Waals surface area contributed by atoms with Gasteiger partial charge >= 0.3 is 0 Å². The van der Waals surface area contributed by atoms with Crippen LogP contribution < -0.4 is 0 Å². The van der Waals surface area contributed by atoms with Crippen LogP contribution in [0.5, 0.6) is 0 Å². The maximum absolute atomic E-state index is 3.67. The fourth-order valence-corrected chi connectivity index (χ4v) is 0.701. The highest BCUT2D eigenvalue weighted by Crippen LogP contribution is 2.01. The minimum atomic E-state index is 0.894. The maximum Gasteiger partial charge on any atom is 0.0103 e. The highest BCUT2D eigenvalue weighted by molar-refractivity contribution is 9.11. The van der Waals surface area contributed by atoms with Crippen molar-refractivity contribution in [3.05, 3.63) is 48.0 Å². The predicted octanol–water partition coefficient (Wildman–Crippen LogP) is 3.97. The lowest BCUT2D eigenvalue weighted by Crippen LogP contribution is -1.61. The molecule has 0 radical (unpaired) electrons. The molecular weight excluding hydrogens is 200 g/mol. The van der Waals surface area contributed by atoms with Gasteiger partial charge in [-0.2, -0.15) is 0 Å². The van der Waals surface area contributed by atoms with E-state index in [-0.39, 0.29) is 0 Å². The summed E-state index contributed by atoms with van der Waals surface area (Å²) in [5, 5.41) is 0. The van der Waals surface area contributed by atoms with Crippen LogP contribution in [-0.2, 0) is 0 Å². The molecule has 0 aromatic carbocycles. The zero-order valence-corrected chi connectivity index (χ0v) is 8.18. The molecule has 0 saturated heterocycles. The van der Waals surface area contributed by atoms with E-state index in [0.29, 0.717) is 0 Å². The minimum Gasteiger partial charge on any atom is -0.103 e. The third-order valence-corrected chi connectivity index (χ3v) is 1.33. The number of hydrogen-bond donors (Lipinski definition) is 0. The average molecular weight is 213 g/mol. The zero-order chi connectivity index (χ0) is 8.53. The van der Waals surface area contributed by atoms with Crippen LogP contribution in [0.1, 0.15) is 12.8 Å². The summed E-state index contributed by atoms with van der Waals surface area (Å²) in [6.07, 6.45) is 12.0. The Morgan fingerprint density at radius 3 is 2.55 bits per heavy atom. The molecule has 0 rings (SSSR count). The SMILES string of the molecule is C=CCC/C=C\C=C/C(=C)Br. The Morgan fingerprint density at radius 1 is 1.27 bits per heavy atom. The lowest BCUT2D eigenvalue weighted by atomic mass is 10.3. The summed E-state index contributed by atoms with van der Waals surface area (Å²) in [6.45, 7) is 7.30. The van der Waals surface area contributed by atoms with Crippen LogP contribution >= 0.6 is 15.9 Å². The van der Waals surface area contributed by atoms with Gasteiger partial charge in [-0.15, -0.1) is 6.58 Å².